The summed E-state index contributed by atoms with van der Waals surface area (Å²) < 4.78 is 1.59. The topological polar surface area (TPSA) is 132 Å². The van der Waals surface area contributed by atoms with Gasteiger partial charge in [-0.15, -0.1) is 5.10 Å². The number of phenolic OH excluding ortho intramolecular Hbond substituents is 1. The molecule has 9 nitrogen and oxygen atoms in total. The second kappa shape index (κ2) is 6.00. The number of carbonyl (C=O) groups is 1. The van der Waals surface area contributed by atoms with Crippen molar-refractivity contribution >= 4 is 23.0 Å². The molecular formula is C16H17N7O2. The Morgan fingerprint density at radius 3 is 2.80 bits per heavy atom. The average Bonchev–Trinajstić information content (AvgIpc) is 3.22. The summed E-state index contributed by atoms with van der Waals surface area (Å²) in [6, 6.07) is 6.73. The summed E-state index contributed by atoms with van der Waals surface area (Å²) in [6.45, 7) is 0. The van der Waals surface area contributed by atoms with E-state index in [2.05, 4.69) is 25.6 Å². The van der Waals surface area contributed by atoms with Gasteiger partial charge in [-0.2, -0.15) is 9.67 Å². The highest BCUT2D eigenvalue weighted by Gasteiger charge is 2.28. The van der Waals surface area contributed by atoms with E-state index in [1.165, 1.54) is 0 Å². The summed E-state index contributed by atoms with van der Waals surface area (Å²) in [7, 11) is 0. The van der Waals surface area contributed by atoms with Crippen molar-refractivity contribution < 1.29 is 9.90 Å². The highest BCUT2D eigenvalue weighted by molar-refractivity contribution is 5.77. The Morgan fingerprint density at radius 1 is 1.28 bits per heavy atom. The standard InChI is InChI=1S/C16H17N7O2/c17-14(25)9-1-2-10(7-9)19-16-18-8-13-15(20-16)23(22-21-13)11-3-5-12(24)6-4-11/h3-6,8-10,24H,1-2,7H2,(H2,17,25)(H,18,19,20)/t9-,10-/m1/s1. The lowest BCUT2D eigenvalue weighted by Gasteiger charge is -2.12. The largest absolute Gasteiger partial charge is 0.508 e. The summed E-state index contributed by atoms with van der Waals surface area (Å²) in [6.07, 6.45) is 3.92. The molecule has 0 spiro atoms. The van der Waals surface area contributed by atoms with E-state index < -0.39 is 0 Å². The van der Waals surface area contributed by atoms with Gasteiger partial charge in [0.1, 0.15) is 5.75 Å². The van der Waals surface area contributed by atoms with Gasteiger partial charge in [-0.05, 0) is 43.5 Å². The molecule has 1 aliphatic carbocycles. The minimum Gasteiger partial charge on any atom is -0.508 e. The Bertz CT molecular complexity index is 922. The number of phenols is 1. The van der Waals surface area contributed by atoms with E-state index in [4.69, 9.17) is 5.73 Å². The molecule has 4 N–H and O–H groups in total. The molecule has 1 amide bonds. The van der Waals surface area contributed by atoms with Crippen LogP contribution in [0.25, 0.3) is 16.9 Å². The smallest absolute Gasteiger partial charge is 0.225 e. The fourth-order valence-electron chi connectivity index (χ4n) is 3.12. The van der Waals surface area contributed by atoms with Crippen molar-refractivity contribution in [3.63, 3.8) is 0 Å². The van der Waals surface area contributed by atoms with Crippen LogP contribution in [0.3, 0.4) is 0 Å². The van der Waals surface area contributed by atoms with Gasteiger partial charge in [-0.3, -0.25) is 4.79 Å². The Hall–Kier alpha value is -3.23. The molecule has 3 aromatic rings. The number of carbonyl (C=O) groups excluding carboxylic acids is 1. The average molecular weight is 339 g/mol. The number of fused-ring (bicyclic) bond motifs is 1. The lowest BCUT2D eigenvalue weighted by molar-refractivity contribution is -0.121. The van der Waals surface area contributed by atoms with Gasteiger partial charge in [0.2, 0.25) is 11.9 Å². The van der Waals surface area contributed by atoms with Gasteiger partial charge in [0.05, 0.1) is 11.9 Å². The van der Waals surface area contributed by atoms with Crippen LogP contribution >= 0.6 is 0 Å². The first-order valence-corrected chi connectivity index (χ1v) is 8.04. The molecule has 4 rings (SSSR count). The maximum atomic E-state index is 11.3. The molecule has 1 fully saturated rings. The van der Waals surface area contributed by atoms with Crippen LogP contribution in [0.15, 0.2) is 30.5 Å². The van der Waals surface area contributed by atoms with Gasteiger partial charge in [0, 0.05) is 12.0 Å². The fraction of sp³-hybridized carbons (Fsp3) is 0.312. The molecule has 0 aliphatic heterocycles. The first kappa shape index (κ1) is 15.3. The maximum Gasteiger partial charge on any atom is 0.225 e. The number of amides is 1. The third-order valence-electron chi connectivity index (χ3n) is 4.46. The zero-order valence-corrected chi connectivity index (χ0v) is 13.3. The number of nitrogens with zero attached hydrogens (tertiary/aromatic N) is 5. The quantitative estimate of drug-likeness (QED) is 0.645. The van der Waals surface area contributed by atoms with E-state index in [0.29, 0.717) is 23.5 Å². The highest BCUT2D eigenvalue weighted by Crippen LogP contribution is 2.27. The number of benzene rings is 1. The van der Waals surface area contributed by atoms with Crippen LogP contribution < -0.4 is 11.1 Å². The van der Waals surface area contributed by atoms with Crippen molar-refractivity contribution in [3.05, 3.63) is 30.5 Å². The molecule has 1 aromatic carbocycles. The molecule has 25 heavy (non-hydrogen) atoms. The Morgan fingerprint density at radius 2 is 2.08 bits per heavy atom. The highest BCUT2D eigenvalue weighted by atomic mass is 16.3. The van der Waals surface area contributed by atoms with Crippen LogP contribution in [0.4, 0.5) is 5.95 Å². The number of rotatable bonds is 4. The summed E-state index contributed by atoms with van der Waals surface area (Å²) in [4.78, 5) is 20.1. The number of hydrogen-bond donors (Lipinski definition) is 3. The van der Waals surface area contributed by atoms with Crippen molar-refractivity contribution in [2.75, 3.05) is 5.32 Å². The first-order chi connectivity index (χ1) is 12.1. The molecule has 0 saturated heterocycles. The van der Waals surface area contributed by atoms with Gasteiger partial charge in [0.25, 0.3) is 0 Å². The normalized spacial score (nSPS) is 20.0. The molecule has 2 aromatic heterocycles. The van der Waals surface area contributed by atoms with E-state index in [1.807, 2.05) is 0 Å². The zero-order valence-electron chi connectivity index (χ0n) is 13.3. The van der Waals surface area contributed by atoms with E-state index in [0.717, 1.165) is 18.5 Å². The summed E-state index contributed by atoms with van der Waals surface area (Å²) >= 11 is 0. The third kappa shape index (κ3) is 2.95. The number of primary amides is 1. The third-order valence-corrected chi connectivity index (χ3v) is 4.46. The minimum atomic E-state index is -0.254. The molecule has 9 heteroatoms. The lowest BCUT2D eigenvalue weighted by Crippen LogP contribution is -2.23. The van der Waals surface area contributed by atoms with Gasteiger partial charge >= 0.3 is 0 Å². The Labute approximate surface area is 142 Å². The maximum absolute atomic E-state index is 11.3. The van der Waals surface area contributed by atoms with Crippen LogP contribution in [0.2, 0.25) is 0 Å². The summed E-state index contributed by atoms with van der Waals surface area (Å²) in [5.74, 6) is 0.293. The SMILES string of the molecule is NC(=O)[C@@H]1CC[C@@H](Nc2ncc3nnn(-c4ccc(O)cc4)c3n2)C1. The molecule has 0 unspecified atom stereocenters. The van der Waals surface area contributed by atoms with Gasteiger partial charge in [-0.25, -0.2) is 4.98 Å². The van der Waals surface area contributed by atoms with E-state index in [-0.39, 0.29) is 23.6 Å². The second-order valence-electron chi connectivity index (χ2n) is 6.17. The van der Waals surface area contributed by atoms with Crippen LogP contribution in [0.5, 0.6) is 5.75 Å². The molecular weight excluding hydrogens is 322 g/mol. The molecule has 2 heterocycles. The van der Waals surface area contributed by atoms with Crippen LogP contribution in [0.1, 0.15) is 19.3 Å². The van der Waals surface area contributed by atoms with Gasteiger partial charge < -0.3 is 16.2 Å². The molecule has 1 saturated carbocycles. The lowest BCUT2D eigenvalue weighted by atomic mass is 10.1. The Balaban J connectivity index is 1.60. The predicted molar refractivity (Wildman–Crippen MR) is 90.1 cm³/mol. The van der Waals surface area contributed by atoms with Gasteiger partial charge in [-0.1, -0.05) is 5.21 Å². The molecule has 2 atom stereocenters. The van der Waals surface area contributed by atoms with Crippen LogP contribution in [-0.4, -0.2) is 42.0 Å². The van der Waals surface area contributed by atoms with E-state index in [1.54, 1.807) is 35.1 Å². The summed E-state index contributed by atoms with van der Waals surface area (Å²) in [5.41, 5.74) is 7.24. The number of nitrogens with one attached hydrogen (secondary N) is 1. The summed E-state index contributed by atoms with van der Waals surface area (Å²) in [5, 5.41) is 20.8. The Kier molecular flexibility index (Phi) is 3.68. The number of hydrogen-bond acceptors (Lipinski definition) is 7. The van der Waals surface area contributed by atoms with Crippen LogP contribution in [0, 0.1) is 5.92 Å². The number of aromatic hydroxyl groups is 1. The number of aromatic nitrogens is 5. The predicted octanol–water partition coefficient (Wildman–Crippen LogP) is 0.982. The van der Waals surface area contributed by atoms with Crippen LogP contribution in [-0.2, 0) is 4.79 Å². The monoisotopic (exact) mass is 339 g/mol. The van der Waals surface area contributed by atoms with Crippen molar-refractivity contribution in [1.82, 2.24) is 25.0 Å². The van der Waals surface area contributed by atoms with Crippen molar-refractivity contribution in [1.29, 1.82) is 0 Å². The molecule has 1 aliphatic rings. The molecule has 0 radical (unpaired) electrons. The van der Waals surface area contributed by atoms with E-state index >= 15 is 0 Å². The zero-order chi connectivity index (χ0) is 17.4. The second-order valence-corrected chi connectivity index (χ2v) is 6.17. The van der Waals surface area contributed by atoms with Gasteiger partial charge in [0.15, 0.2) is 11.2 Å². The molecule has 128 valence electrons. The van der Waals surface area contributed by atoms with Crippen molar-refractivity contribution in [2.45, 2.75) is 25.3 Å². The number of anilines is 1. The number of nitrogens with two attached hydrogens (primary N) is 1. The minimum absolute atomic E-state index is 0.0922. The van der Waals surface area contributed by atoms with Crippen molar-refractivity contribution in [2.24, 2.45) is 11.7 Å². The van der Waals surface area contributed by atoms with Crippen molar-refractivity contribution in [3.8, 4) is 11.4 Å². The fourth-order valence-corrected chi connectivity index (χ4v) is 3.12. The first-order valence-electron chi connectivity index (χ1n) is 8.04. The molecule has 0 bridgehead atoms. The van der Waals surface area contributed by atoms with E-state index in [9.17, 15) is 9.90 Å².